The van der Waals surface area contributed by atoms with Crippen molar-refractivity contribution in [1.29, 1.82) is 0 Å². The minimum absolute atomic E-state index is 0.516. The number of benzene rings is 3. The number of hydrogen-bond acceptors (Lipinski definition) is 0. The minimum Gasteiger partial charge on any atom is -0.191 e. The van der Waals surface area contributed by atoms with Crippen molar-refractivity contribution in [3.63, 3.8) is 0 Å². The summed E-state index contributed by atoms with van der Waals surface area (Å²) in [6, 6.07) is 37.6. The first-order valence-corrected chi connectivity index (χ1v) is 13.3. The largest absolute Gasteiger partial charge is 0.213 e. The van der Waals surface area contributed by atoms with E-state index in [1.807, 2.05) is 0 Å². The average Bonchev–Trinajstić information content (AvgIpc) is 2.91. The van der Waals surface area contributed by atoms with E-state index in [1.165, 1.54) is 46.5 Å². The molecule has 1 heteroatoms. The molecule has 0 spiro atoms. The molecule has 3 aliphatic rings. The maximum Gasteiger partial charge on any atom is 0.213 e. The summed E-state index contributed by atoms with van der Waals surface area (Å²) in [5.41, 5.74) is 8.27. The normalized spacial score (nSPS) is 24.5. The monoisotopic (exact) mass is 458 g/mol. The van der Waals surface area contributed by atoms with Crippen LogP contribution in [0.25, 0.3) is 33.6 Å². The summed E-state index contributed by atoms with van der Waals surface area (Å²) in [4.78, 5) is 0. The summed E-state index contributed by atoms with van der Waals surface area (Å²) in [7, 11) is 0. The maximum atomic E-state index is 2.63. The van der Waals surface area contributed by atoms with Crippen LogP contribution in [0.4, 0.5) is 0 Å². The Morgan fingerprint density at radius 3 is 1.60 bits per heavy atom. The molecule has 3 aliphatic carbocycles. The van der Waals surface area contributed by atoms with E-state index in [0.29, 0.717) is 11.3 Å². The number of fused-ring (bicyclic) bond motifs is 2. The van der Waals surface area contributed by atoms with Gasteiger partial charge in [-0.15, -0.1) is 0 Å². The molecule has 2 bridgehead atoms. The third-order valence-electron chi connectivity index (χ3n) is 9.34. The van der Waals surface area contributed by atoms with Gasteiger partial charge in [-0.1, -0.05) is 87.5 Å². The average molecular weight is 459 g/mol. The van der Waals surface area contributed by atoms with Gasteiger partial charge in [0.15, 0.2) is 6.54 Å². The lowest BCUT2D eigenvalue weighted by atomic mass is 9.43. The zero-order valence-electron chi connectivity index (χ0n) is 21.2. The van der Waals surface area contributed by atoms with Gasteiger partial charge in [-0.05, 0) is 71.4 Å². The molecule has 3 saturated carbocycles. The quantitative estimate of drug-likeness (QED) is 0.265. The first kappa shape index (κ1) is 22.3. The Labute approximate surface area is 210 Å². The summed E-state index contributed by atoms with van der Waals surface area (Å²) in [6.07, 6.45) is 2.78. The summed E-state index contributed by atoms with van der Waals surface area (Å²) in [5, 5.41) is 0. The van der Waals surface area contributed by atoms with Crippen LogP contribution in [0, 0.1) is 29.1 Å². The van der Waals surface area contributed by atoms with Crippen molar-refractivity contribution in [3.8, 4) is 33.6 Å². The summed E-state index contributed by atoms with van der Waals surface area (Å²) in [5.74, 6) is 3.20. The summed E-state index contributed by atoms with van der Waals surface area (Å²) < 4.78 is 2.63. The highest BCUT2D eigenvalue weighted by molar-refractivity contribution is 5.73. The van der Waals surface area contributed by atoms with Gasteiger partial charge in [0.25, 0.3) is 0 Å². The maximum absolute atomic E-state index is 2.63. The van der Waals surface area contributed by atoms with E-state index in [-0.39, 0.29) is 0 Å². The Kier molecular flexibility index (Phi) is 5.60. The first-order valence-electron chi connectivity index (χ1n) is 13.3. The van der Waals surface area contributed by atoms with Crippen LogP contribution >= 0.6 is 0 Å². The smallest absolute Gasteiger partial charge is 0.191 e. The molecule has 4 aromatic rings. The van der Waals surface area contributed by atoms with E-state index in [4.69, 9.17) is 0 Å². The van der Waals surface area contributed by atoms with Gasteiger partial charge in [-0.25, -0.2) is 0 Å². The summed E-state index contributed by atoms with van der Waals surface area (Å²) >= 11 is 0. The van der Waals surface area contributed by atoms with Crippen LogP contribution in [0.15, 0.2) is 103 Å². The zero-order valence-corrected chi connectivity index (χ0v) is 21.2. The fourth-order valence-corrected chi connectivity index (χ4v) is 7.04. The molecule has 0 radical (unpaired) electrons. The van der Waals surface area contributed by atoms with Crippen molar-refractivity contribution in [2.45, 2.75) is 40.2 Å². The summed E-state index contributed by atoms with van der Waals surface area (Å²) in [6.45, 7) is 8.61. The molecule has 1 nitrogen and oxygen atoms in total. The van der Waals surface area contributed by atoms with Crippen LogP contribution in [0.2, 0.25) is 0 Å². The van der Waals surface area contributed by atoms with Gasteiger partial charge in [-0.2, -0.15) is 4.57 Å². The van der Waals surface area contributed by atoms with Crippen molar-refractivity contribution < 1.29 is 4.57 Å². The molecule has 35 heavy (non-hydrogen) atoms. The van der Waals surface area contributed by atoms with Crippen LogP contribution in [0.3, 0.4) is 0 Å². The van der Waals surface area contributed by atoms with Crippen LogP contribution in [-0.4, -0.2) is 0 Å². The van der Waals surface area contributed by atoms with E-state index in [0.717, 1.165) is 24.3 Å². The predicted molar refractivity (Wildman–Crippen MR) is 146 cm³/mol. The van der Waals surface area contributed by atoms with E-state index in [1.54, 1.807) is 0 Å². The standard InChI is InChI=1S/C34H36N/c1-24-29(19-30-22-31(24)34(30,2)3)23-35-32(26-15-9-5-10-16-26)20-28(25-13-7-4-8-14-25)21-33(35)27-17-11-6-12-18-27/h4-18,20-21,24,29-31H,19,22-23H2,1-3H3/q+1/t24-,29-,30-,31+/m0/s1. The Morgan fingerprint density at radius 1 is 0.657 bits per heavy atom. The zero-order chi connectivity index (χ0) is 24.0. The van der Waals surface area contributed by atoms with Crippen molar-refractivity contribution >= 4 is 0 Å². The Morgan fingerprint density at radius 2 is 1.14 bits per heavy atom. The van der Waals surface area contributed by atoms with Gasteiger partial charge in [0.1, 0.15) is 0 Å². The van der Waals surface area contributed by atoms with Gasteiger partial charge >= 0.3 is 0 Å². The molecule has 7 rings (SSSR count). The number of pyridine rings is 1. The second-order valence-corrected chi connectivity index (χ2v) is 11.4. The Bertz CT molecular complexity index is 1250. The number of nitrogens with zero attached hydrogens (tertiary/aromatic N) is 1. The van der Waals surface area contributed by atoms with E-state index in [9.17, 15) is 0 Å². The lowest BCUT2D eigenvalue weighted by Crippen LogP contribution is -2.57. The highest BCUT2D eigenvalue weighted by atomic mass is 15.0. The lowest BCUT2D eigenvalue weighted by Gasteiger charge is -2.61. The van der Waals surface area contributed by atoms with Gasteiger partial charge in [0, 0.05) is 29.2 Å². The molecular formula is C34H36N+. The molecule has 1 heterocycles. The van der Waals surface area contributed by atoms with Crippen molar-refractivity contribution in [2.24, 2.45) is 29.1 Å². The minimum atomic E-state index is 0.516. The predicted octanol–water partition coefficient (Wildman–Crippen LogP) is 8.29. The molecular weight excluding hydrogens is 422 g/mol. The number of hydrogen-bond donors (Lipinski definition) is 0. The molecule has 176 valence electrons. The van der Waals surface area contributed by atoms with Gasteiger partial charge < -0.3 is 0 Å². The highest BCUT2D eigenvalue weighted by Crippen LogP contribution is 2.63. The second kappa shape index (κ2) is 8.79. The molecule has 3 aromatic carbocycles. The van der Waals surface area contributed by atoms with Gasteiger partial charge in [0.05, 0.1) is 0 Å². The molecule has 3 fully saturated rings. The SMILES string of the molecule is C[C@H]1[C@H](C[n+]2c(-c3ccccc3)cc(-c3ccccc3)cc2-c2ccccc2)C[C@H]2C[C@H]1C2(C)C. The van der Waals surface area contributed by atoms with Crippen LogP contribution < -0.4 is 4.57 Å². The Balaban J connectivity index is 1.52. The molecule has 1 aromatic heterocycles. The van der Waals surface area contributed by atoms with Crippen LogP contribution in [-0.2, 0) is 6.54 Å². The van der Waals surface area contributed by atoms with Crippen LogP contribution in [0.5, 0.6) is 0 Å². The van der Waals surface area contributed by atoms with Gasteiger partial charge in [0.2, 0.25) is 11.4 Å². The van der Waals surface area contributed by atoms with Crippen LogP contribution in [0.1, 0.15) is 33.6 Å². The third-order valence-corrected chi connectivity index (χ3v) is 9.34. The lowest BCUT2D eigenvalue weighted by molar-refractivity contribution is -0.684. The fraction of sp³-hybridized carbons (Fsp3) is 0.324. The first-order chi connectivity index (χ1) is 17.0. The Hall–Kier alpha value is -3.19. The van der Waals surface area contributed by atoms with Crippen molar-refractivity contribution in [3.05, 3.63) is 103 Å². The van der Waals surface area contributed by atoms with Gasteiger partial charge in [-0.3, -0.25) is 0 Å². The molecule has 0 saturated heterocycles. The van der Waals surface area contributed by atoms with Crippen molar-refractivity contribution in [2.75, 3.05) is 0 Å². The highest BCUT2D eigenvalue weighted by Gasteiger charge is 2.57. The van der Waals surface area contributed by atoms with Crippen molar-refractivity contribution in [1.82, 2.24) is 0 Å². The molecule has 0 aliphatic heterocycles. The second-order valence-electron chi connectivity index (χ2n) is 11.4. The molecule has 4 atom stereocenters. The van der Waals surface area contributed by atoms with E-state index >= 15 is 0 Å². The molecule has 0 amide bonds. The van der Waals surface area contributed by atoms with E-state index < -0.39 is 0 Å². The number of aromatic nitrogens is 1. The number of rotatable bonds is 5. The van der Waals surface area contributed by atoms with E-state index in [2.05, 4.69) is 128 Å². The third kappa shape index (κ3) is 3.92. The molecule has 0 N–H and O–H groups in total. The fourth-order valence-electron chi connectivity index (χ4n) is 7.04. The topological polar surface area (TPSA) is 3.88 Å². The molecule has 0 unspecified atom stereocenters.